The van der Waals surface area contributed by atoms with Crippen LogP contribution in [0, 0.1) is 0 Å². The lowest BCUT2D eigenvalue weighted by Gasteiger charge is -2.17. The highest BCUT2D eigenvalue weighted by molar-refractivity contribution is 7.17. The number of para-hydroxylation sites is 2. The standard InChI is InChI=1S/C20H16N2O4S/c23-19(21-13-7-3-1-4-8-13)17-15-16(26-12-11-25-15)18(27-17)20(24)22-14-9-5-2-6-10-14/h1-10H,11-12H2,(H,21,23)(H,22,24). The number of carbonyl (C=O) groups is 2. The van der Waals surface area contributed by atoms with E-state index in [-0.39, 0.29) is 11.8 Å². The second-order valence-electron chi connectivity index (χ2n) is 5.76. The molecule has 4 rings (SSSR count). The summed E-state index contributed by atoms with van der Waals surface area (Å²) in [6.07, 6.45) is 0. The van der Waals surface area contributed by atoms with Gasteiger partial charge < -0.3 is 20.1 Å². The summed E-state index contributed by atoms with van der Waals surface area (Å²) >= 11 is 1.06. The number of hydrogen-bond acceptors (Lipinski definition) is 5. The fourth-order valence-corrected chi connectivity index (χ4v) is 3.65. The predicted molar refractivity (Wildman–Crippen MR) is 104 cm³/mol. The highest BCUT2D eigenvalue weighted by Gasteiger charge is 2.31. The Morgan fingerprint density at radius 1 is 0.704 bits per heavy atom. The van der Waals surface area contributed by atoms with E-state index in [1.165, 1.54) is 0 Å². The van der Waals surface area contributed by atoms with Gasteiger partial charge in [0.1, 0.15) is 23.0 Å². The summed E-state index contributed by atoms with van der Waals surface area (Å²) in [7, 11) is 0. The molecule has 1 aromatic heterocycles. The molecule has 2 N–H and O–H groups in total. The van der Waals surface area contributed by atoms with Gasteiger partial charge in [-0.1, -0.05) is 36.4 Å². The first-order chi connectivity index (χ1) is 13.2. The summed E-state index contributed by atoms with van der Waals surface area (Å²) in [6, 6.07) is 18.2. The molecule has 2 aromatic carbocycles. The number of fused-ring (bicyclic) bond motifs is 1. The van der Waals surface area contributed by atoms with Crippen molar-refractivity contribution in [2.45, 2.75) is 0 Å². The minimum atomic E-state index is -0.341. The highest BCUT2D eigenvalue weighted by atomic mass is 32.1. The van der Waals surface area contributed by atoms with Crippen molar-refractivity contribution in [1.29, 1.82) is 0 Å². The van der Waals surface area contributed by atoms with Crippen LogP contribution in [0.3, 0.4) is 0 Å². The minimum Gasteiger partial charge on any atom is -0.484 e. The zero-order valence-electron chi connectivity index (χ0n) is 14.2. The van der Waals surface area contributed by atoms with E-state index in [1.54, 1.807) is 24.3 Å². The number of hydrogen-bond donors (Lipinski definition) is 2. The number of ether oxygens (including phenoxy) is 2. The van der Waals surface area contributed by atoms with Crippen molar-refractivity contribution in [2.24, 2.45) is 0 Å². The summed E-state index contributed by atoms with van der Waals surface area (Å²) in [5.41, 5.74) is 1.33. The van der Waals surface area contributed by atoms with E-state index in [9.17, 15) is 9.59 Å². The van der Waals surface area contributed by atoms with Gasteiger partial charge in [-0.25, -0.2) is 0 Å². The molecule has 2 heterocycles. The van der Waals surface area contributed by atoms with Crippen molar-refractivity contribution >= 4 is 34.5 Å². The van der Waals surface area contributed by atoms with Gasteiger partial charge in [0.25, 0.3) is 11.8 Å². The molecule has 27 heavy (non-hydrogen) atoms. The predicted octanol–water partition coefficient (Wildman–Crippen LogP) is 4.02. The lowest BCUT2D eigenvalue weighted by Crippen LogP contribution is -2.19. The first kappa shape index (κ1) is 17.1. The van der Waals surface area contributed by atoms with E-state index in [0.717, 1.165) is 11.3 Å². The maximum Gasteiger partial charge on any atom is 0.269 e. The van der Waals surface area contributed by atoms with Crippen LogP contribution in [0.4, 0.5) is 11.4 Å². The number of anilines is 2. The van der Waals surface area contributed by atoms with Gasteiger partial charge in [-0.3, -0.25) is 9.59 Å². The first-order valence-corrected chi connectivity index (χ1v) is 9.19. The van der Waals surface area contributed by atoms with Gasteiger partial charge in [0.05, 0.1) is 0 Å². The average molecular weight is 380 g/mol. The van der Waals surface area contributed by atoms with Crippen LogP contribution in [0.1, 0.15) is 19.3 Å². The molecule has 3 aromatic rings. The number of rotatable bonds is 4. The summed E-state index contributed by atoms with van der Waals surface area (Å²) in [6.45, 7) is 0.657. The van der Waals surface area contributed by atoms with Crippen molar-refractivity contribution in [2.75, 3.05) is 23.8 Å². The maximum atomic E-state index is 12.7. The molecule has 0 fully saturated rings. The molecule has 6 nitrogen and oxygen atoms in total. The second-order valence-corrected chi connectivity index (χ2v) is 6.78. The average Bonchev–Trinajstić information content (AvgIpc) is 3.09. The Bertz CT molecular complexity index is 892. The molecule has 1 aliphatic heterocycles. The molecule has 0 radical (unpaired) electrons. The van der Waals surface area contributed by atoms with Gasteiger partial charge in [-0.15, -0.1) is 11.3 Å². The van der Waals surface area contributed by atoms with E-state index in [4.69, 9.17) is 9.47 Å². The molecule has 0 unspecified atom stereocenters. The molecule has 0 aliphatic carbocycles. The highest BCUT2D eigenvalue weighted by Crippen LogP contribution is 2.44. The molecular formula is C20H16N2O4S. The van der Waals surface area contributed by atoms with Crippen LogP contribution < -0.4 is 20.1 Å². The van der Waals surface area contributed by atoms with Gasteiger partial charge >= 0.3 is 0 Å². The molecule has 0 atom stereocenters. The zero-order chi connectivity index (χ0) is 18.6. The molecule has 1 aliphatic rings. The van der Waals surface area contributed by atoms with Gasteiger partial charge in [-0.2, -0.15) is 0 Å². The van der Waals surface area contributed by atoms with Crippen LogP contribution in [0.5, 0.6) is 11.5 Å². The summed E-state index contributed by atoms with van der Waals surface area (Å²) < 4.78 is 11.3. The monoisotopic (exact) mass is 380 g/mol. The van der Waals surface area contributed by atoms with Crippen molar-refractivity contribution in [3.05, 3.63) is 70.4 Å². The van der Waals surface area contributed by atoms with E-state index in [2.05, 4.69) is 10.6 Å². The maximum absolute atomic E-state index is 12.7. The van der Waals surface area contributed by atoms with Gasteiger partial charge in [0, 0.05) is 11.4 Å². The van der Waals surface area contributed by atoms with Crippen LogP contribution in [-0.4, -0.2) is 25.0 Å². The SMILES string of the molecule is O=C(Nc1ccccc1)c1sc(C(=O)Nc2ccccc2)c2c1OCCO2. The van der Waals surface area contributed by atoms with Crippen LogP contribution in [0.25, 0.3) is 0 Å². The Labute approximate surface area is 159 Å². The van der Waals surface area contributed by atoms with E-state index in [0.29, 0.717) is 45.8 Å². The quantitative estimate of drug-likeness (QED) is 0.717. The van der Waals surface area contributed by atoms with E-state index >= 15 is 0 Å². The van der Waals surface area contributed by atoms with Crippen LogP contribution in [-0.2, 0) is 0 Å². The third-order valence-electron chi connectivity index (χ3n) is 3.87. The molecule has 7 heteroatoms. The molecule has 0 spiro atoms. The fourth-order valence-electron chi connectivity index (χ4n) is 2.67. The summed E-state index contributed by atoms with van der Waals surface area (Å²) in [4.78, 5) is 26.0. The Kier molecular flexibility index (Phi) is 4.76. The Hall–Kier alpha value is -3.32. The summed E-state index contributed by atoms with van der Waals surface area (Å²) in [5, 5.41) is 5.63. The zero-order valence-corrected chi connectivity index (χ0v) is 15.0. The number of carbonyl (C=O) groups excluding carboxylic acids is 2. The first-order valence-electron chi connectivity index (χ1n) is 8.37. The Balaban J connectivity index is 1.63. The Morgan fingerprint density at radius 2 is 1.11 bits per heavy atom. The lowest BCUT2D eigenvalue weighted by atomic mass is 10.2. The molecule has 2 amide bonds. The van der Waals surface area contributed by atoms with Crippen molar-refractivity contribution in [3.63, 3.8) is 0 Å². The van der Waals surface area contributed by atoms with Gasteiger partial charge in [0.2, 0.25) is 0 Å². The van der Waals surface area contributed by atoms with E-state index < -0.39 is 0 Å². The number of benzene rings is 2. The third-order valence-corrected chi connectivity index (χ3v) is 5.02. The molecular weight excluding hydrogens is 364 g/mol. The fraction of sp³-hybridized carbons (Fsp3) is 0.100. The van der Waals surface area contributed by atoms with Crippen molar-refractivity contribution < 1.29 is 19.1 Å². The van der Waals surface area contributed by atoms with Crippen LogP contribution in [0.15, 0.2) is 60.7 Å². The number of amides is 2. The van der Waals surface area contributed by atoms with Crippen molar-refractivity contribution in [3.8, 4) is 11.5 Å². The van der Waals surface area contributed by atoms with Crippen LogP contribution in [0.2, 0.25) is 0 Å². The van der Waals surface area contributed by atoms with Gasteiger partial charge in [-0.05, 0) is 24.3 Å². The molecule has 0 saturated heterocycles. The third kappa shape index (κ3) is 3.63. The summed E-state index contributed by atoms with van der Waals surface area (Å²) in [5.74, 6) is -0.0470. The normalized spacial score (nSPS) is 12.3. The topological polar surface area (TPSA) is 76.7 Å². The smallest absolute Gasteiger partial charge is 0.269 e. The Morgan fingerprint density at radius 3 is 1.52 bits per heavy atom. The molecule has 0 saturated carbocycles. The van der Waals surface area contributed by atoms with Gasteiger partial charge in [0.15, 0.2) is 11.5 Å². The molecule has 0 bridgehead atoms. The van der Waals surface area contributed by atoms with E-state index in [1.807, 2.05) is 36.4 Å². The number of thiophene rings is 1. The largest absolute Gasteiger partial charge is 0.484 e. The van der Waals surface area contributed by atoms with Crippen molar-refractivity contribution in [1.82, 2.24) is 0 Å². The second kappa shape index (κ2) is 7.51. The number of nitrogens with one attached hydrogen (secondary N) is 2. The minimum absolute atomic E-state index is 0.312. The molecule has 136 valence electrons. The van der Waals surface area contributed by atoms with Crippen LogP contribution >= 0.6 is 11.3 Å². The lowest BCUT2D eigenvalue weighted by molar-refractivity contribution is 0.100.